The Labute approximate surface area is 78.6 Å². The highest BCUT2D eigenvalue weighted by atomic mass is 35.5. The normalized spacial score (nSPS) is 9.27. The first kappa shape index (κ1) is 14.0. The monoisotopic (exact) mass is 203 g/mol. The van der Waals surface area contributed by atoms with E-state index in [-0.39, 0.29) is 12.4 Å². The van der Waals surface area contributed by atoms with Crippen LogP contribution in [0.5, 0.6) is 0 Å². The molecule has 0 aromatic rings. The summed E-state index contributed by atoms with van der Waals surface area (Å²) in [5.41, 5.74) is 5.18. The lowest BCUT2D eigenvalue weighted by molar-refractivity contribution is 0.0568. The summed E-state index contributed by atoms with van der Waals surface area (Å²) in [6.45, 7) is 2.97. The molecule has 0 aromatic carbocycles. The van der Waals surface area contributed by atoms with Crippen molar-refractivity contribution in [1.29, 1.82) is 0 Å². The van der Waals surface area contributed by atoms with Gasteiger partial charge in [-0.15, -0.1) is 24.0 Å². The molecule has 0 amide bonds. The van der Waals surface area contributed by atoms with Gasteiger partial charge in [0.2, 0.25) is 0 Å². The summed E-state index contributed by atoms with van der Waals surface area (Å²) in [5.74, 6) is 0.539. The minimum absolute atomic E-state index is 0. The lowest BCUT2D eigenvalue weighted by atomic mass is 10.7. The number of nitrogens with two attached hydrogens (primary N) is 1. The standard InChI is InChI=1S/C6H14ClNO2.ClH/c7-1-3-9-5-6-10-4-2-8;/h1-6,8H2;1H. The zero-order valence-corrected chi connectivity index (χ0v) is 8.00. The Balaban J connectivity index is 0. The Hall–Kier alpha value is 0.460. The molecule has 0 fully saturated rings. The summed E-state index contributed by atoms with van der Waals surface area (Å²) in [5, 5.41) is 0. The van der Waals surface area contributed by atoms with Crippen molar-refractivity contribution in [3.63, 3.8) is 0 Å². The molecule has 0 saturated heterocycles. The zero-order valence-electron chi connectivity index (χ0n) is 6.42. The lowest BCUT2D eigenvalue weighted by Gasteiger charge is -2.01. The predicted octanol–water partition coefficient (Wildman–Crippen LogP) is 0.639. The minimum atomic E-state index is 0. The molecule has 0 heterocycles. The highest BCUT2D eigenvalue weighted by Gasteiger charge is 1.86. The molecule has 2 N–H and O–H groups in total. The summed E-state index contributed by atoms with van der Waals surface area (Å²) >= 11 is 5.36. The van der Waals surface area contributed by atoms with Gasteiger partial charge in [-0.25, -0.2) is 0 Å². The van der Waals surface area contributed by atoms with E-state index in [1.54, 1.807) is 0 Å². The molecule has 0 aliphatic rings. The fourth-order valence-corrected chi connectivity index (χ4v) is 0.569. The van der Waals surface area contributed by atoms with Crippen molar-refractivity contribution in [2.75, 3.05) is 38.9 Å². The van der Waals surface area contributed by atoms with Crippen molar-refractivity contribution in [2.24, 2.45) is 5.73 Å². The van der Waals surface area contributed by atoms with Crippen molar-refractivity contribution in [2.45, 2.75) is 0 Å². The quantitative estimate of drug-likeness (QED) is 0.488. The van der Waals surface area contributed by atoms with Crippen LogP contribution in [-0.2, 0) is 9.47 Å². The van der Waals surface area contributed by atoms with Gasteiger partial charge in [0, 0.05) is 12.4 Å². The Kier molecular flexibility index (Phi) is 16.7. The highest BCUT2D eigenvalue weighted by molar-refractivity contribution is 6.17. The molecule has 0 radical (unpaired) electrons. The van der Waals surface area contributed by atoms with Crippen LogP contribution in [0.2, 0.25) is 0 Å². The molecule has 0 aromatic heterocycles. The number of ether oxygens (including phenoxy) is 2. The van der Waals surface area contributed by atoms with Gasteiger partial charge in [-0.3, -0.25) is 0 Å². The van der Waals surface area contributed by atoms with E-state index < -0.39 is 0 Å². The molecule has 0 saturated carbocycles. The van der Waals surface area contributed by atoms with Crippen LogP contribution in [0.4, 0.5) is 0 Å². The molecule has 0 rings (SSSR count). The van der Waals surface area contributed by atoms with Crippen LogP contribution in [0.3, 0.4) is 0 Å². The van der Waals surface area contributed by atoms with Crippen LogP contribution in [0.25, 0.3) is 0 Å². The summed E-state index contributed by atoms with van der Waals surface area (Å²) in [7, 11) is 0. The minimum Gasteiger partial charge on any atom is -0.378 e. The average Bonchev–Trinajstić information content (AvgIpc) is 1.97. The number of rotatable bonds is 7. The van der Waals surface area contributed by atoms with Crippen LogP contribution in [0, 0.1) is 0 Å². The van der Waals surface area contributed by atoms with Gasteiger partial charge in [0.05, 0.1) is 26.4 Å². The maximum atomic E-state index is 5.36. The van der Waals surface area contributed by atoms with Crippen molar-refractivity contribution in [3.05, 3.63) is 0 Å². The van der Waals surface area contributed by atoms with Crippen molar-refractivity contribution in [1.82, 2.24) is 0 Å². The van der Waals surface area contributed by atoms with E-state index in [9.17, 15) is 0 Å². The predicted molar refractivity (Wildman–Crippen MR) is 48.7 cm³/mol. The zero-order chi connectivity index (χ0) is 7.66. The second kappa shape index (κ2) is 13.1. The van der Waals surface area contributed by atoms with E-state index in [2.05, 4.69) is 0 Å². The number of halogens is 2. The van der Waals surface area contributed by atoms with Gasteiger partial charge in [0.25, 0.3) is 0 Å². The van der Waals surface area contributed by atoms with Gasteiger partial charge in [-0.1, -0.05) is 0 Å². The average molecular weight is 204 g/mol. The molecule has 0 atom stereocenters. The first-order valence-corrected chi connectivity index (χ1v) is 3.86. The Morgan fingerprint density at radius 1 is 1.00 bits per heavy atom. The van der Waals surface area contributed by atoms with E-state index in [0.29, 0.717) is 38.9 Å². The topological polar surface area (TPSA) is 44.5 Å². The molecule has 70 valence electrons. The molecule has 5 heteroatoms. The summed E-state index contributed by atoms with van der Waals surface area (Å²) in [6.07, 6.45) is 0. The third-order valence-corrected chi connectivity index (χ3v) is 1.01. The molecular formula is C6H15Cl2NO2. The van der Waals surface area contributed by atoms with Gasteiger partial charge in [0.1, 0.15) is 0 Å². The van der Waals surface area contributed by atoms with Gasteiger partial charge < -0.3 is 15.2 Å². The van der Waals surface area contributed by atoms with Gasteiger partial charge in [-0.05, 0) is 0 Å². The Morgan fingerprint density at radius 3 is 2.00 bits per heavy atom. The fraction of sp³-hybridized carbons (Fsp3) is 1.00. The maximum Gasteiger partial charge on any atom is 0.0701 e. The highest BCUT2D eigenvalue weighted by Crippen LogP contribution is 1.79. The molecule has 0 aliphatic heterocycles. The van der Waals surface area contributed by atoms with Crippen molar-refractivity contribution < 1.29 is 9.47 Å². The molecule has 0 spiro atoms. The molecule has 11 heavy (non-hydrogen) atoms. The van der Waals surface area contributed by atoms with Crippen molar-refractivity contribution in [3.8, 4) is 0 Å². The summed E-state index contributed by atoms with van der Waals surface area (Å²) < 4.78 is 10.1. The Morgan fingerprint density at radius 2 is 1.55 bits per heavy atom. The third-order valence-electron chi connectivity index (χ3n) is 0.856. The lowest BCUT2D eigenvalue weighted by Crippen LogP contribution is -2.12. The largest absolute Gasteiger partial charge is 0.378 e. The first-order valence-electron chi connectivity index (χ1n) is 3.33. The van der Waals surface area contributed by atoms with E-state index in [1.807, 2.05) is 0 Å². The summed E-state index contributed by atoms with van der Waals surface area (Å²) in [4.78, 5) is 0. The molecule has 0 bridgehead atoms. The second-order valence-corrected chi connectivity index (χ2v) is 2.08. The van der Waals surface area contributed by atoms with Gasteiger partial charge >= 0.3 is 0 Å². The van der Waals surface area contributed by atoms with E-state index in [0.717, 1.165) is 0 Å². The number of hydrogen-bond donors (Lipinski definition) is 1. The van der Waals surface area contributed by atoms with Crippen LogP contribution in [-0.4, -0.2) is 38.9 Å². The summed E-state index contributed by atoms with van der Waals surface area (Å²) in [6, 6.07) is 0. The first-order chi connectivity index (χ1) is 4.91. The van der Waals surface area contributed by atoms with E-state index >= 15 is 0 Å². The Bertz CT molecular complexity index is 58.5. The van der Waals surface area contributed by atoms with Crippen LogP contribution >= 0.6 is 24.0 Å². The van der Waals surface area contributed by atoms with Crippen LogP contribution in [0.1, 0.15) is 0 Å². The van der Waals surface area contributed by atoms with Crippen LogP contribution in [0.15, 0.2) is 0 Å². The smallest absolute Gasteiger partial charge is 0.0701 e. The molecule has 0 unspecified atom stereocenters. The van der Waals surface area contributed by atoms with E-state index in [4.69, 9.17) is 26.8 Å². The van der Waals surface area contributed by atoms with Crippen molar-refractivity contribution >= 4 is 24.0 Å². The van der Waals surface area contributed by atoms with E-state index in [1.165, 1.54) is 0 Å². The second-order valence-electron chi connectivity index (χ2n) is 1.70. The molecule has 0 aliphatic carbocycles. The van der Waals surface area contributed by atoms with Crippen LogP contribution < -0.4 is 5.73 Å². The number of hydrogen-bond acceptors (Lipinski definition) is 3. The SMILES string of the molecule is Cl.NCCOCCOCCCl. The maximum absolute atomic E-state index is 5.36. The van der Waals surface area contributed by atoms with Gasteiger partial charge in [-0.2, -0.15) is 0 Å². The third kappa shape index (κ3) is 13.5. The molecular weight excluding hydrogens is 189 g/mol. The number of alkyl halides is 1. The van der Waals surface area contributed by atoms with Gasteiger partial charge in [0.15, 0.2) is 0 Å². The molecule has 3 nitrogen and oxygen atoms in total. The fourth-order valence-electron chi connectivity index (χ4n) is 0.460.